The lowest BCUT2D eigenvalue weighted by Crippen LogP contribution is -2.25. The summed E-state index contributed by atoms with van der Waals surface area (Å²) in [6.45, 7) is 2.75. The van der Waals surface area contributed by atoms with Crippen molar-refractivity contribution in [1.29, 1.82) is 5.26 Å². The molecule has 0 N–H and O–H groups in total. The lowest BCUT2D eigenvalue weighted by atomic mass is 10.0. The Balaban J connectivity index is 2.09. The summed E-state index contributed by atoms with van der Waals surface area (Å²) in [4.78, 5) is 10.7. The Kier molecular flexibility index (Phi) is 2.88. The van der Waals surface area contributed by atoms with Crippen molar-refractivity contribution < 1.29 is 0 Å². The number of hydrogen-bond acceptors (Lipinski definition) is 4. The van der Waals surface area contributed by atoms with Gasteiger partial charge < -0.3 is 4.90 Å². The number of aromatic nitrogens is 2. The van der Waals surface area contributed by atoms with Crippen LogP contribution in [0.15, 0.2) is 30.3 Å². The molecule has 0 saturated heterocycles. The third-order valence-corrected chi connectivity index (χ3v) is 3.33. The normalized spacial score (nSPS) is 13.8. The van der Waals surface area contributed by atoms with Crippen molar-refractivity contribution in [3.05, 3.63) is 47.4 Å². The summed E-state index contributed by atoms with van der Waals surface area (Å²) >= 11 is 0. The molecular formula is C15H14N4. The van der Waals surface area contributed by atoms with Crippen LogP contribution < -0.4 is 4.90 Å². The number of para-hydroxylation sites is 1. The number of anilines is 2. The molecule has 0 unspecified atom stereocenters. The summed E-state index contributed by atoms with van der Waals surface area (Å²) in [5.41, 5.74) is 2.95. The fourth-order valence-electron chi connectivity index (χ4n) is 2.52. The summed E-state index contributed by atoms with van der Waals surface area (Å²) in [6, 6.07) is 12.2. The number of rotatable bonds is 1. The number of nitrogens with zero attached hydrogens (tertiary/aromatic N) is 4. The summed E-state index contributed by atoms with van der Waals surface area (Å²) in [5, 5.41) is 9.02. The third kappa shape index (κ3) is 2.15. The van der Waals surface area contributed by atoms with Crippen molar-refractivity contribution in [1.82, 2.24) is 9.97 Å². The van der Waals surface area contributed by atoms with Crippen LogP contribution in [0, 0.1) is 18.3 Å². The number of benzene rings is 1. The van der Waals surface area contributed by atoms with Crippen LogP contribution in [0.4, 0.5) is 11.5 Å². The van der Waals surface area contributed by atoms with E-state index in [4.69, 9.17) is 5.26 Å². The Labute approximate surface area is 112 Å². The van der Waals surface area contributed by atoms with Crippen LogP contribution >= 0.6 is 0 Å². The Bertz CT molecular complexity index is 657. The maximum absolute atomic E-state index is 9.02. The van der Waals surface area contributed by atoms with E-state index in [1.54, 1.807) is 6.07 Å². The largest absolute Gasteiger partial charge is 0.326 e. The average Bonchev–Trinajstić information content (AvgIpc) is 2.46. The van der Waals surface area contributed by atoms with Crippen molar-refractivity contribution in [2.75, 3.05) is 11.4 Å². The van der Waals surface area contributed by atoms with Gasteiger partial charge >= 0.3 is 0 Å². The highest BCUT2D eigenvalue weighted by Gasteiger charge is 2.19. The van der Waals surface area contributed by atoms with Crippen LogP contribution in [-0.2, 0) is 6.42 Å². The number of nitriles is 1. The van der Waals surface area contributed by atoms with Crippen LogP contribution in [0.3, 0.4) is 0 Å². The van der Waals surface area contributed by atoms with Crippen LogP contribution in [-0.4, -0.2) is 16.5 Å². The molecule has 0 atom stereocenters. The predicted octanol–water partition coefficient (Wildman–Crippen LogP) is 2.74. The molecule has 0 amide bonds. The van der Waals surface area contributed by atoms with Gasteiger partial charge in [-0.1, -0.05) is 18.2 Å². The summed E-state index contributed by atoms with van der Waals surface area (Å²) in [6.07, 6.45) is 2.20. The van der Waals surface area contributed by atoms with Gasteiger partial charge in [-0.3, -0.25) is 0 Å². The Morgan fingerprint density at radius 2 is 2.11 bits per heavy atom. The molecule has 2 heterocycles. The average molecular weight is 250 g/mol. The fourth-order valence-corrected chi connectivity index (χ4v) is 2.52. The van der Waals surface area contributed by atoms with E-state index in [9.17, 15) is 0 Å². The van der Waals surface area contributed by atoms with Crippen molar-refractivity contribution in [3.63, 3.8) is 0 Å². The van der Waals surface area contributed by atoms with Gasteiger partial charge in [0, 0.05) is 18.3 Å². The van der Waals surface area contributed by atoms with Gasteiger partial charge in [-0.25, -0.2) is 9.97 Å². The van der Waals surface area contributed by atoms with E-state index in [-0.39, 0.29) is 0 Å². The Morgan fingerprint density at radius 1 is 1.26 bits per heavy atom. The molecule has 0 saturated carbocycles. The maximum Gasteiger partial charge on any atom is 0.146 e. The molecule has 1 aliphatic heterocycles. The van der Waals surface area contributed by atoms with Gasteiger partial charge in [0.05, 0.1) is 0 Å². The zero-order valence-corrected chi connectivity index (χ0v) is 10.8. The molecular weight excluding hydrogens is 236 g/mol. The fraction of sp³-hybridized carbons (Fsp3) is 0.267. The first-order chi connectivity index (χ1) is 9.28. The topological polar surface area (TPSA) is 52.8 Å². The van der Waals surface area contributed by atoms with E-state index < -0.39 is 0 Å². The first-order valence-electron chi connectivity index (χ1n) is 6.39. The molecule has 0 aliphatic carbocycles. The molecule has 4 nitrogen and oxygen atoms in total. The third-order valence-electron chi connectivity index (χ3n) is 3.33. The number of aryl methyl sites for hydroxylation is 2. The molecule has 0 bridgehead atoms. The highest BCUT2D eigenvalue weighted by atomic mass is 15.2. The summed E-state index contributed by atoms with van der Waals surface area (Å²) in [7, 11) is 0. The minimum atomic E-state index is 0.422. The molecule has 1 aromatic carbocycles. The molecule has 1 aliphatic rings. The zero-order valence-electron chi connectivity index (χ0n) is 10.8. The van der Waals surface area contributed by atoms with Gasteiger partial charge in [0.15, 0.2) is 0 Å². The van der Waals surface area contributed by atoms with E-state index >= 15 is 0 Å². The zero-order chi connectivity index (χ0) is 13.2. The minimum absolute atomic E-state index is 0.422. The van der Waals surface area contributed by atoms with Crippen LogP contribution in [0.2, 0.25) is 0 Å². The van der Waals surface area contributed by atoms with Crippen LogP contribution in [0.25, 0.3) is 0 Å². The van der Waals surface area contributed by atoms with E-state index in [2.05, 4.69) is 39.1 Å². The van der Waals surface area contributed by atoms with Crippen LogP contribution in [0.5, 0.6) is 0 Å². The van der Waals surface area contributed by atoms with Crippen LogP contribution in [0.1, 0.15) is 23.5 Å². The minimum Gasteiger partial charge on any atom is -0.326 e. The highest BCUT2D eigenvalue weighted by molar-refractivity contribution is 5.65. The molecule has 19 heavy (non-hydrogen) atoms. The summed E-state index contributed by atoms with van der Waals surface area (Å²) in [5.74, 6) is 1.45. The second-order valence-corrected chi connectivity index (χ2v) is 4.65. The SMILES string of the molecule is Cc1nc(C#N)cc(N2CCCc3ccccc32)n1. The van der Waals surface area contributed by atoms with Crippen molar-refractivity contribution >= 4 is 11.5 Å². The highest BCUT2D eigenvalue weighted by Crippen LogP contribution is 2.32. The molecule has 4 heteroatoms. The molecule has 94 valence electrons. The van der Waals surface area contributed by atoms with E-state index in [0.29, 0.717) is 11.5 Å². The lowest BCUT2D eigenvalue weighted by molar-refractivity contribution is 0.756. The standard InChI is InChI=1S/C15H14N4/c1-11-17-13(10-16)9-15(18-11)19-8-4-6-12-5-2-3-7-14(12)19/h2-3,5,7,9H,4,6,8H2,1H3. The second kappa shape index (κ2) is 4.69. The molecule has 2 aromatic rings. The molecule has 0 spiro atoms. The van der Waals surface area contributed by atoms with Gasteiger partial charge in [0.2, 0.25) is 0 Å². The van der Waals surface area contributed by atoms with Crippen molar-refractivity contribution in [2.45, 2.75) is 19.8 Å². The van der Waals surface area contributed by atoms with Gasteiger partial charge in [-0.2, -0.15) is 5.26 Å². The van der Waals surface area contributed by atoms with Crippen molar-refractivity contribution in [2.24, 2.45) is 0 Å². The van der Waals surface area contributed by atoms with E-state index in [0.717, 1.165) is 25.2 Å². The first kappa shape index (κ1) is 11.7. The van der Waals surface area contributed by atoms with Gasteiger partial charge in [-0.15, -0.1) is 0 Å². The van der Waals surface area contributed by atoms with Crippen molar-refractivity contribution in [3.8, 4) is 6.07 Å². The monoisotopic (exact) mass is 250 g/mol. The predicted molar refractivity (Wildman–Crippen MR) is 73.3 cm³/mol. The number of fused-ring (bicyclic) bond motifs is 1. The van der Waals surface area contributed by atoms with Gasteiger partial charge in [0.25, 0.3) is 0 Å². The maximum atomic E-state index is 9.02. The molecule has 0 fully saturated rings. The Morgan fingerprint density at radius 3 is 2.95 bits per heavy atom. The molecule has 1 aromatic heterocycles. The quantitative estimate of drug-likeness (QED) is 0.781. The van der Waals surface area contributed by atoms with E-state index in [1.165, 1.54) is 11.3 Å². The molecule has 0 radical (unpaired) electrons. The first-order valence-corrected chi connectivity index (χ1v) is 6.39. The summed E-state index contributed by atoms with van der Waals surface area (Å²) < 4.78 is 0. The lowest BCUT2D eigenvalue weighted by Gasteiger charge is -2.30. The molecule has 3 rings (SSSR count). The number of hydrogen-bond donors (Lipinski definition) is 0. The smallest absolute Gasteiger partial charge is 0.146 e. The van der Waals surface area contributed by atoms with Gasteiger partial charge in [-0.05, 0) is 31.4 Å². The van der Waals surface area contributed by atoms with Gasteiger partial charge in [0.1, 0.15) is 23.4 Å². The second-order valence-electron chi connectivity index (χ2n) is 4.65. The Hall–Kier alpha value is -2.41. The van der Waals surface area contributed by atoms with E-state index in [1.807, 2.05) is 13.0 Å².